The number of aromatic hydroxyl groups is 1. The van der Waals surface area contributed by atoms with Crippen LogP contribution in [0.15, 0.2) is 24.3 Å². The van der Waals surface area contributed by atoms with Crippen LogP contribution in [0, 0.1) is 12.7 Å². The monoisotopic (exact) mass is 391 g/mol. The molecule has 0 unspecified atom stereocenters. The summed E-state index contributed by atoms with van der Waals surface area (Å²) in [6.45, 7) is 5.71. The minimum atomic E-state index is -0.300. The van der Waals surface area contributed by atoms with Crippen LogP contribution in [0.4, 0.5) is 4.39 Å². The van der Waals surface area contributed by atoms with Gasteiger partial charge in [0.15, 0.2) is 0 Å². The van der Waals surface area contributed by atoms with Crippen LogP contribution in [0.2, 0.25) is 0 Å². The highest BCUT2D eigenvalue weighted by Crippen LogP contribution is 2.40. The normalized spacial score (nSPS) is 17.6. The van der Waals surface area contributed by atoms with E-state index < -0.39 is 0 Å². The minimum Gasteiger partial charge on any atom is -0.492 e. The van der Waals surface area contributed by atoms with Crippen LogP contribution in [0.25, 0.3) is 4.96 Å². The van der Waals surface area contributed by atoms with Crippen molar-refractivity contribution in [2.75, 3.05) is 39.3 Å². The van der Waals surface area contributed by atoms with Gasteiger partial charge in [0.2, 0.25) is 10.8 Å². The van der Waals surface area contributed by atoms with E-state index >= 15 is 0 Å². The molecule has 9 heteroatoms. The number of hydrogen-bond acceptors (Lipinski definition) is 7. The summed E-state index contributed by atoms with van der Waals surface area (Å²) in [6, 6.07) is 6.24. The quantitative estimate of drug-likeness (QED) is 0.689. The number of aryl methyl sites for hydroxylation is 1. The van der Waals surface area contributed by atoms with Gasteiger partial charge in [0, 0.05) is 32.7 Å². The van der Waals surface area contributed by atoms with Gasteiger partial charge in [0.1, 0.15) is 11.6 Å². The molecular formula is C18H22FN5O2S. The number of nitrogens with zero attached hydrogens (tertiary/aromatic N) is 5. The van der Waals surface area contributed by atoms with Gasteiger partial charge in [-0.15, -0.1) is 5.10 Å². The molecule has 2 N–H and O–H groups in total. The van der Waals surface area contributed by atoms with E-state index in [4.69, 9.17) is 5.11 Å². The number of piperazine rings is 1. The number of hydrogen-bond donors (Lipinski definition) is 2. The Morgan fingerprint density at radius 3 is 2.70 bits per heavy atom. The fourth-order valence-corrected chi connectivity index (χ4v) is 4.78. The summed E-state index contributed by atoms with van der Waals surface area (Å²) in [5, 5.41) is 24.2. The van der Waals surface area contributed by atoms with Crippen molar-refractivity contribution in [1.29, 1.82) is 0 Å². The number of benzene rings is 1. The minimum absolute atomic E-state index is 0.0580. The number of β-amino-alcohol motifs (C(OH)–C–C–N with tert-alkyl or cyclic N) is 1. The zero-order chi connectivity index (χ0) is 19.0. The predicted molar refractivity (Wildman–Crippen MR) is 101 cm³/mol. The van der Waals surface area contributed by atoms with Crippen LogP contribution in [-0.4, -0.2) is 73.9 Å². The molecule has 0 aliphatic carbocycles. The third-order valence-electron chi connectivity index (χ3n) is 4.91. The number of thiazole rings is 1. The van der Waals surface area contributed by atoms with Crippen LogP contribution >= 0.6 is 11.3 Å². The Morgan fingerprint density at radius 2 is 2.04 bits per heavy atom. The molecule has 4 rings (SSSR count). The van der Waals surface area contributed by atoms with Gasteiger partial charge in [0.25, 0.3) is 0 Å². The molecule has 1 aromatic carbocycles. The first-order chi connectivity index (χ1) is 13.1. The second-order valence-corrected chi connectivity index (χ2v) is 7.71. The average molecular weight is 391 g/mol. The summed E-state index contributed by atoms with van der Waals surface area (Å²) in [4.78, 5) is 10.1. The fraction of sp³-hybridized carbons (Fsp3) is 0.444. The van der Waals surface area contributed by atoms with Crippen LogP contribution < -0.4 is 0 Å². The van der Waals surface area contributed by atoms with E-state index in [1.54, 1.807) is 13.0 Å². The van der Waals surface area contributed by atoms with Crippen LogP contribution in [0.1, 0.15) is 22.3 Å². The number of aromatic nitrogens is 3. The van der Waals surface area contributed by atoms with Crippen molar-refractivity contribution >= 4 is 16.3 Å². The highest BCUT2D eigenvalue weighted by Gasteiger charge is 2.31. The highest BCUT2D eigenvalue weighted by molar-refractivity contribution is 7.17. The SMILES string of the molecule is Cc1nc2sc([C@@H](c3cccc(F)c3)N3CCN(CCO)CC3)c(O)n2n1. The molecule has 0 amide bonds. The second-order valence-electron chi connectivity index (χ2n) is 6.70. The lowest BCUT2D eigenvalue weighted by Gasteiger charge is -2.39. The molecule has 0 radical (unpaired) electrons. The summed E-state index contributed by atoms with van der Waals surface area (Å²) in [7, 11) is 0. The van der Waals surface area contributed by atoms with Gasteiger partial charge in [-0.1, -0.05) is 23.5 Å². The Morgan fingerprint density at radius 1 is 1.26 bits per heavy atom. The predicted octanol–water partition coefficient (Wildman–Crippen LogP) is 1.64. The molecule has 1 saturated heterocycles. The third kappa shape index (κ3) is 3.55. The summed E-state index contributed by atoms with van der Waals surface area (Å²) in [6.07, 6.45) is 0. The molecule has 0 spiro atoms. The van der Waals surface area contributed by atoms with Crippen LogP contribution in [0.3, 0.4) is 0 Å². The maximum absolute atomic E-state index is 13.9. The average Bonchev–Trinajstić information content (AvgIpc) is 3.15. The number of fused-ring (bicyclic) bond motifs is 1. The fourth-order valence-electron chi connectivity index (χ4n) is 3.62. The first-order valence-corrected chi connectivity index (χ1v) is 9.76. The maximum atomic E-state index is 13.9. The van der Waals surface area contributed by atoms with E-state index in [0.29, 0.717) is 22.2 Å². The molecule has 0 bridgehead atoms. The zero-order valence-corrected chi connectivity index (χ0v) is 15.9. The lowest BCUT2D eigenvalue weighted by Crippen LogP contribution is -2.48. The van der Waals surface area contributed by atoms with Crippen molar-refractivity contribution in [3.8, 4) is 5.88 Å². The van der Waals surface area contributed by atoms with E-state index in [0.717, 1.165) is 31.7 Å². The molecule has 1 atom stereocenters. The number of aliphatic hydroxyl groups is 1. The van der Waals surface area contributed by atoms with Crippen molar-refractivity contribution < 1.29 is 14.6 Å². The maximum Gasteiger partial charge on any atom is 0.230 e. The van der Waals surface area contributed by atoms with E-state index in [9.17, 15) is 9.50 Å². The number of rotatable bonds is 5. The van der Waals surface area contributed by atoms with Crippen molar-refractivity contribution in [1.82, 2.24) is 24.4 Å². The van der Waals surface area contributed by atoms with Gasteiger partial charge >= 0.3 is 0 Å². The highest BCUT2D eigenvalue weighted by atomic mass is 32.1. The van der Waals surface area contributed by atoms with Gasteiger partial charge < -0.3 is 10.2 Å². The molecule has 0 saturated carbocycles. The third-order valence-corrected chi connectivity index (χ3v) is 5.98. The summed E-state index contributed by atoms with van der Waals surface area (Å²) in [5.74, 6) is 0.358. The van der Waals surface area contributed by atoms with Crippen molar-refractivity contribution in [3.63, 3.8) is 0 Å². The summed E-state index contributed by atoms with van der Waals surface area (Å²) < 4.78 is 15.4. The molecular weight excluding hydrogens is 369 g/mol. The lowest BCUT2D eigenvalue weighted by molar-refractivity contribution is 0.0944. The van der Waals surface area contributed by atoms with Gasteiger partial charge in [-0.05, 0) is 24.6 Å². The molecule has 2 aromatic heterocycles. The molecule has 7 nitrogen and oxygen atoms in total. The smallest absolute Gasteiger partial charge is 0.230 e. The first-order valence-electron chi connectivity index (χ1n) is 8.94. The largest absolute Gasteiger partial charge is 0.492 e. The number of halogens is 1. The Hall–Kier alpha value is -2.07. The van der Waals surface area contributed by atoms with Gasteiger partial charge in [0.05, 0.1) is 17.5 Å². The van der Waals surface area contributed by atoms with Gasteiger partial charge in [-0.25, -0.2) is 9.37 Å². The second kappa shape index (κ2) is 7.51. The van der Waals surface area contributed by atoms with Crippen LogP contribution in [-0.2, 0) is 0 Å². The summed E-state index contributed by atoms with van der Waals surface area (Å²) >= 11 is 1.38. The zero-order valence-electron chi connectivity index (χ0n) is 15.0. The summed E-state index contributed by atoms with van der Waals surface area (Å²) in [5.41, 5.74) is 0.794. The Balaban J connectivity index is 1.72. The van der Waals surface area contributed by atoms with Crippen molar-refractivity contribution in [2.24, 2.45) is 0 Å². The molecule has 3 aromatic rings. The molecule has 1 fully saturated rings. The Labute approximate surface area is 160 Å². The molecule has 1 aliphatic rings. The molecule has 27 heavy (non-hydrogen) atoms. The van der Waals surface area contributed by atoms with E-state index in [2.05, 4.69) is 19.9 Å². The van der Waals surface area contributed by atoms with Crippen LogP contribution in [0.5, 0.6) is 5.88 Å². The topological polar surface area (TPSA) is 77.1 Å². The molecule has 3 heterocycles. The lowest BCUT2D eigenvalue weighted by atomic mass is 10.0. The van der Waals surface area contributed by atoms with E-state index in [1.807, 2.05) is 6.07 Å². The molecule has 1 aliphatic heterocycles. The van der Waals surface area contributed by atoms with E-state index in [1.165, 1.54) is 28.0 Å². The Kier molecular flexibility index (Phi) is 5.09. The first kappa shape index (κ1) is 18.3. The number of aliphatic hydroxyl groups excluding tert-OH is 1. The van der Waals surface area contributed by atoms with Gasteiger partial charge in [-0.3, -0.25) is 9.80 Å². The molecule has 144 valence electrons. The van der Waals surface area contributed by atoms with E-state index in [-0.39, 0.29) is 24.3 Å². The van der Waals surface area contributed by atoms with Gasteiger partial charge in [-0.2, -0.15) is 4.52 Å². The van der Waals surface area contributed by atoms with Crippen molar-refractivity contribution in [2.45, 2.75) is 13.0 Å². The standard InChI is InChI=1S/C18H22FN5O2S/c1-12-20-18-24(21-12)17(26)16(27-18)15(13-3-2-4-14(19)11-13)23-7-5-22(6-8-23)9-10-25/h2-4,11,15,25-26H,5-10H2,1H3/t15-/m1/s1. The van der Waals surface area contributed by atoms with Crippen molar-refractivity contribution in [3.05, 3.63) is 46.3 Å². The Bertz CT molecular complexity index is 935.